The summed E-state index contributed by atoms with van der Waals surface area (Å²) in [5, 5.41) is 0. The number of aryl methyl sites for hydroxylation is 1. The molecule has 0 saturated carbocycles. The topological polar surface area (TPSA) is 75.5 Å². The molecule has 0 N–H and O–H groups in total. The molecule has 0 bridgehead atoms. The normalized spacial score (nSPS) is 13.6. The Balaban J connectivity index is 1.68. The zero-order chi connectivity index (χ0) is 24.5. The first-order valence-electron chi connectivity index (χ1n) is 11.9. The van der Waals surface area contributed by atoms with Crippen molar-refractivity contribution in [3.63, 3.8) is 0 Å². The van der Waals surface area contributed by atoms with Crippen LogP contribution in [0.1, 0.15) is 36.8 Å². The van der Waals surface area contributed by atoms with E-state index in [1.54, 1.807) is 24.0 Å². The van der Waals surface area contributed by atoms with E-state index in [1.165, 1.54) is 19.8 Å². The highest BCUT2D eigenvalue weighted by molar-refractivity contribution is 5.83. The number of amides is 2. The molecule has 0 aliphatic carbocycles. The van der Waals surface area contributed by atoms with Gasteiger partial charge in [-0.15, -0.1) is 0 Å². The van der Waals surface area contributed by atoms with Crippen LogP contribution in [0.5, 0.6) is 11.5 Å². The number of ether oxygens (including phenoxy) is 2. The van der Waals surface area contributed by atoms with Gasteiger partial charge in [0.15, 0.2) is 11.5 Å². The van der Waals surface area contributed by atoms with E-state index in [9.17, 15) is 9.59 Å². The standard InChI is InChI=1S/C26H37N3O5/c1-20-7-9-23(34-20)18-29(14-11-22-8-10-24(32-3)25(17-22)33-4)26(31)19-28(21(2)30)16-15-27-12-5-6-13-27/h7-10,17H,5-6,11-16,18-19H2,1-4H3. The van der Waals surface area contributed by atoms with Crippen molar-refractivity contribution in [2.24, 2.45) is 0 Å². The van der Waals surface area contributed by atoms with Crippen molar-refractivity contribution in [1.29, 1.82) is 0 Å². The second-order valence-electron chi connectivity index (χ2n) is 8.76. The zero-order valence-corrected chi connectivity index (χ0v) is 20.8. The van der Waals surface area contributed by atoms with E-state index in [0.717, 1.165) is 36.7 Å². The number of carbonyl (C=O) groups is 2. The van der Waals surface area contributed by atoms with Gasteiger partial charge in [-0.1, -0.05) is 6.07 Å². The predicted molar refractivity (Wildman–Crippen MR) is 130 cm³/mol. The SMILES string of the molecule is COc1ccc(CCN(Cc2ccc(C)o2)C(=O)CN(CCN2CCCC2)C(C)=O)cc1OC. The van der Waals surface area contributed by atoms with Crippen LogP contribution in [0.4, 0.5) is 0 Å². The summed E-state index contributed by atoms with van der Waals surface area (Å²) in [6.45, 7) is 7.82. The zero-order valence-electron chi connectivity index (χ0n) is 20.8. The molecule has 0 atom stereocenters. The van der Waals surface area contributed by atoms with Crippen LogP contribution in [-0.2, 0) is 22.6 Å². The molecule has 1 saturated heterocycles. The summed E-state index contributed by atoms with van der Waals surface area (Å²) in [6.07, 6.45) is 3.04. The van der Waals surface area contributed by atoms with Crippen LogP contribution < -0.4 is 9.47 Å². The summed E-state index contributed by atoms with van der Waals surface area (Å²) in [6, 6.07) is 9.55. The number of furan rings is 1. The summed E-state index contributed by atoms with van der Waals surface area (Å²) < 4.78 is 16.5. The highest BCUT2D eigenvalue weighted by Gasteiger charge is 2.22. The molecule has 1 aromatic heterocycles. The fourth-order valence-electron chi connectivity index (χ4n) is 4.23. The van der Waals surface area contributed by atoms with Crippen molar-refractivity contribution in [2.75, 3.05) is 53.5 Å². The lowest BCUT2D eigenvalue weighted by molar-refractivity contribution is -0.140. The molecule has 1 aliphatic heterocycles. The molecule has 8 nitrogen and oxygen atoms in total. The van der Waals surface area contributed by atoms with Gasteiger partial charge >= 0.3 is 0 Å². The van der Waals surface area contributed by atoms with E-state index in [-0.39, 0.29) is 18.4 Å². The van der Waals surface area contributed by atoms with Gasteiger partial charge in [0.05, 0.1) is 27.3 Å². The molecule has 0 spiro atoms. The molecule has 3 rings (SSSR count). The minimum atomic E-state index is -0.0915. The molecular formula is C26H37N3O5. The Kier molecular flexibility index (Phi) is 9.39. The van der Waals surface area contributed by atoms with Crippen LogP contribution >= 0.6 is 0 Å². The molecule has 2 heterocycles. The van der Waals surface area contributed by atoms with Gasteiger partial charge in [-0.2, -0.15) is 0 Å². The monoisotopic (exact) mass is 471 g/mol. The third-order valence-electron chi connectivity index (χ3n) is 6.27. The molecule has 186 valence electrons. The molecule has 8 heteroatoms. The van der Waals surface area contributed by atoms with Crippen molar-refractivity contribution in [3.05, 3.63) is 47.4 Å². The van der Waals surface area contributed by atoms with E-state index < -0.39 is 0 Å². The van der Waals surface area contributed by atoms with Crippen molar-refractivity contribution in [2.45, 2.75) is 39.7 Å². The van der Waals surface area contributed by atoms with Gasteiger partial charge in [0.25, 0.3) is 0 Å². The Labute approximate surface area is 202 Å². The third kappa shape index (κ3) is 7.25. The lowest BCUT2D eigenvalue weighted by Gasteiger charge is -2.28. The molecule has 2 amide bonds. The lowest BCUT2D eigenvalue weighted by atomic mass is 10.1. The molecule has 0 radical (unpaired) electrons. The van der Waals surface area contributed by atoms with Gasteiger partial charge < -0.3 is 28.6 Å². The highest BCUT2D eigenvalue weighted by atomic mass is 16.5. The van der Waals surface area contributed by atoms with Crippen LogP contribution in [0.3, 0.4) is 0 Å². The van der Waals surface area contributed by atoms with Crippen LogP contribution in [0, 0.1) is 6.92 Å². The van der Waals surface area contributed by atoms with Crippen LogP contribution in [-0.4, -0.2) is 80.0 Å². The fraction of sp³-hybridized carbons (Fsp3) is 0.538. The van der Waals surface area contributed by atoms with Gasteiger partial charge in [0.2, 0.25) is 11.8 Å². The molecule has 1 aliphatic rings. The van der Waals surface area contributed by atoms with Gasteiger partial charge in [-0.05, 0) is 69.1 Å². The van der Waals surface area contributed by atoms with E-state index >= 15 is 0 Å². The van der Waals surface area contributed by atoms with E-state index in [4.69, 9.17) is 13.9 Å². The van der Waals surface area contributed by atoms with Crippen molar-refractivity contribution >= 4 is 11.8 Å². The number of carbonyl (C=O) groups excluding carboxylic acids is 2. The number of hydrogen-bond donors (Lipinski definition) is 0. The number of benzene rings is 1. The van der Waals surface area contributed by atoms with E-state index in [2.05, 4.69) is 4.90 Å². The Hall–Kier alpha value is -3.00. The minimum Gasteiger partial charge on any atom is -0.493 e. The number of likely N-dealkylation sites (tertiary alicyclic amines) is 1. The summed E-state index contributed by atoms with van der Waals surface area (Å²) in [7, 11) is 3.21. The van der Waals surface area contributed by atoms with Crippen molar-refractivity contribution < 1.29 is 23.5 Å². The number of rotatable bonds is 12. The van der Waals surface area contributed by atoms with Gasteiger partial charge in [-0.3, -0.25) is 9.59 Å². The van der Waals surface area contributed by atoms with E-state index in [0.29, 0.717) is 37.6 Å². The Morgan fingerprint density at radius 3 is 2.35 bits per heavy atom. The first-order valence-corrected chi connectivity index (χ1v) is 11.9. The molecule has 2 aromatic rings. The van der Waals surface area contributed by atoms with Crippen molar-refractivity contribution in [3.8, 4) is 11.5 Å². The molecule has 1 aromatic carbocycles. The molecule has 0 unspecified atom stereocenters. The maximum absolute atomic E-state index is 13.3. The second kappa shape index (κ2) is 12.5. The van der Waals surface area contributed by atoms with Gasteiger partial charge in [0, 0.05) is 26.6 Å². The number of hydrogen-bond acceptors (Lipinski definition) is 6. The van der Waals surface area contributed by atoms with Gasteiger partial charge in [-0.25, -0.2) is 0 Å². The maximum Gasteiger partial charge on any atom is 0.242 e. The Morgan fingerprint density at radius 1 is 1.00 bits per heavy atom. The first kappa shape index (κ1) is 25.6. The van der Waals surface area contributed by atoms with Crippen molar-refractivity contribution in [1.82, 2.24) is 14.7 Å². The minimum absolute atomic E-state index is 0.0643. The summed E-state index contributed by atoms with van der Waals surface area (Å²) in [4.78, 5) is 31.4. The Bertz CT molecular complexity index is 952. The van der Waals surface area contributed by atoms with E-state index in [1.807, 2.05) is 37.3 Å². The highest BCUT2D eigenvalue weighted by Crippen LogP contribution is 2.27. The van der Waals surface area contributed by atoms with Crippen LogP contribution in [0.15, 0.2) is 34.7 Å². The fourth-order valence-corrected chi connectivity index (χ4v) is 4.23. The molecule has 1 fully saturated rings. The lowest BCUT2D eigenvalue weighted by Crippen LogP contribution is -2.45. The average molecular weight is 472 g/mol. The third-order valence-corrected chi connectivity index (χ3v) is 6.27. The summed E-state index contributed by atoms with van der Waals surface area (Å²) in [5.74, 6) is 2.68. The second-order valence-corrected chi connectivity index (χ2v) is 8.76. The molecule has 34 heavy (non-hydrogen) atoms. The maximum atomic E-state index is 13.3. The van der Waals surface area contributed by atoms with Gasteiger partial charge in [0.1, 0.15) is 11.5 Å². The number of methoxy groups -OCH3 is 2. The average Bonchev–Trinajstić information content (AvgIpc) is 3.50. The quantitative estimate of drug-likeness (QED) is 0.474. The number of nitrogens with zero attached hydrogens (tertiary/aromatic N) is 3. The summed E-state index contributed by atoms with van der Waals surface area (Å²) >= 11 is 0. The summed E-state index contributed by atoms with van der Waals surface area (Å²) in [5.41, 5.74) is 1.03. The van der Waals surface area contributed by atoms with Crippen LogP contribution in [0.2, 0.25) is 0 Å². The molecular weight excluding hydrogens is 434 g/mol. The Morgan fingerprint density at radius 2 is 1.74 bits per heavy atom. The predicted octanol–water partition coefficient (Wildman–Crippen LogP) is 3.12. The smallest absolute Gasteiger partial charge is 0.242 e. The first-order chi connectivity index (χ1) is 16.4. The largest absolute Gasteiger partial charge is 0.493 e. The van der Waals surface area contributed by atoms with Crippen LogP contribution in [0.25, 0.3) is 0 Å².